The van der Waals surface area contributed by atoms with E-state index in [2.05, 4.69) is 5.32 Å². The third-order valence-electron chi connectivity index (χ3n) is 6.51. The summed E-state index contributed by atoms with van der Waals surface area (Å²) in [6.07, 6.45) is 0. The second kappa shape index (κ2) is 13.1. The second-order valence-electron chi connectivity index (χ2n) is 10.2. The number of anilines is 1. The molecule has 0 fully saturated rings. The van der Waals surface area contributed by atoms with Crippen molar-refractivity contribution in [1.29, 1.82) is 0 Å². The zero-order valence-corrected chi connectivity index (χ0v) is 25.9. The van der Waals surface area contributed by atoms with Crippen molar-refractivity contribution in [2.24, 2.45) is 0 Å². The molecule has 0 bridgehead atoms. The van der Waals surface area contributed by atoms with Crippen molar-refractivity contribution in [1.82, 2.24) is 10.2 Å². The summed E-state index contributed by atoms with van der Waals surface area (Å²) in [4.78, 5) is 28.5. The number of rotatable bonds is 10. The van der Waals surface area contributed by atoms with Crippen LogP contribution in [0.5, 0.6) is 0 Å². The van der Waals surface area contributed by atoms with Crippen LogP contribution in [0.15, 0.2) is 65.6 Å². The lowest BCUT2D eigenvalue weighted by Crippen LogP contribution is -2.52. The average molecular weight is 605 g/mol. The van der Waals surface area contributed by atoms with E-state index in [9.17, 15) is 18.0 Å². The van der Waals surface area contributed by atoms with Crippen LogP contribution in [0.25, 0.3) is 0 Å². The summed E-state index contributed by atoms with van der Waals surface area (Å²) in [7, 11) is -4.16. The number of carbonyl (C=O) groups excluding carboxylic acids is 2. The molecule has 40 heavy (non-hydrogen) atoms. The molecule has 10 heteroatoms. The molecule has 0 radical (unpaired) electrons. The first kappa shape index (κ1) is 31.5. The van der Waals surface area contributed by atoms with Gasteiger partial charge in [-0.05, 0) is 83.0 Å². The van der Waals surface area contributed by atoms with Gasteiger partial charge in [-0.15, -0.1) is 0 Å². The van der Waals surface area contributed by atoms with Crippen molar-refractivity contribution < 1.29 is 18.0 Å². The van der Waals surface area contributed by atoms with Gasteiger partial charge in [0.25, 0.3) is 10.0 Å². The molecule has 0 aliphatic carbocycles. The summed E-state index contributed by atoms with van der Waals surface area (Å²) >= 11 is 12.8. The summed E-state index contributed by atoms with van der Waals surface area (Å²) in [5.41, 5.74) is 3.26. The van der Waals surface area contributed by atoms with E-state index in [0.29, 0.717) is 26.9 Å². The number of hydrogen-bond acceptors (Lipinski definition) is 4. The Labute approximate surface area is 247 Å². The van der Waals surface area contributed by atoms with Gasteiger partial charge in [0.15, 0.2) is 0 Å². The Kier molecular flexibility index (Phi) is 10.3. The van der Waals surface area contributed by atoms with E-state index in [0.717, 1.165) is 15.4 Å². The highest BCUT2D eigenvalue weighted by Gasteiger charge is 2.33. The smallest absolute Gasteiger partial charge is 0.264 e. The molecule has 3 aromatic rings. The number of nitrogens with zero attached hydrogens (tertiary/aromatic N) is 2. The second-order valence-corrected chi connectivity index (χ2v) is 12.9. The van der Waals surface area contributed by atoms with Gasteiger partial charge < -0.3 is 10.2 Å². The van der Waals surface area contributed by atoms with Crippen molar-refractivity contribution in [3.8, 4) is 0 Å². The van der Waals surface area contributed by atoms with E-state index < -0.39 is 28.5 Å². The summed E-state index contributed by atoms with van der Waals surface area (Å²) in [6, 6.07) is 15.8. The zero-order chi connectivity index (χ0) is 29.8. The van der Waals surface area contributed by atoms with Crippen molar-refractivity contribution in [2.45, 2.75) is 65.1 Å². The third-order valence-corrected chi connectivity index (χ3v) is 8.99. The Morgan fingerprint density at radius 2 is 1.45 bits per heavy atom. The van der Waals surface area contributed by atoms with Crippen molar-refractivity contribution in [3.63, 3.8) is 0 Å². The first-order chi connectivity index (χ1) is 18.7. The molecule has 0 saturated heterocycles. The number of hydrogen-bond donors (Lipinski definition) is 1. The van der Waals surface area contributed by atoms with Gasteiger partial charge in [0.05, 0.1) is 10.6 Å². The van der Waals surface area contributed by atoms with Gasteiger partial charge in [-0.25, -0.2) is 8.42 Å². The highest BCUT2D eigenvalue weighted by atomic mass is 35.5. The van der Waals surface area contributed by atoms with E-state index in [4.69, 9.17) is 23.2 Å². The van der Waals surface area contributed by atoms with Crippen molar-refractivity contribution >= 4 is 50.7 Å². The Bertz CT molecular complexity index is 1470. The maximum absolute atomic E-state index is 14.1. The van der Waals surface area contributed by atoms with Gasteiger partial charge >= 0.3 is 0 Å². The fraction of sp³-hybridized carbons (Fsp3) is 0.333. The van der Waals surface area contributed by atoms with Crippen LogP contribution in [0.4, 0.5) is 5.69 Å². The topological polar surface area (TPSA) is 86.8 Å². The summed E-state index contributed by atoms with van der Waals surface area (Å²) in [5, 5.41) is 3.49. The quantitative estimate of drug-likeness (QED) is 0.305. The van der Waals surface area contributed by atoms with Gasteiger partial charge in [-0.2, -0.15) is 0 Å². The van der Waals surface area contributed by atoms with Crippen LogP contribution in [-0.4, -0.2) is 43.8 Å². The van der Waals surface area contributed by atoms with E-state index in [-0.39, 0.29) is 23.4 Å². The molecule has 1 N–H and O–H groups in total. The fourth-order valence-electron chi connectivity index (χ4n) is 4.18. The SMILES string of the molecule is Cc1ccc(S(=O)(=O)N(CC(=O)N(Cc2c(Cl)cccc2Cl)[C@H](C)C(=O)NC(C)C)c2cc(C)ccc2C)cc1. The number of nitrogens with one attached hydrogen (secondary N) is 1. The molecule has 0 aliphatic heterocycles. The van der Waals surface area contributed by atoms with Crippen LogP contribution in [0.3, 0.4) is 0 Å². The normalized spacial score (nSPS) is 12.2. The molecular weight excluding hydrogens is 569 g/mol. The highest BCUT2D eigenvalue weighted by Crippen LogP contribution is 2.30. The van der Waals surface area contributed by atoms with Crippen LogP contribution in [0.2, 0.25) is 10.0 Å². The molecule has 0 spiro atoms. The molecule has 0 unspecified atom stereocenters. The Hall–Kier alpha value is -3.07. The molecule has 214 valence electrons. The summed E-state index contributed by atoms with van der Waals surface area (Å²) in [5.74, 6) is -0.967. The van der Waals surface area contributed by atoms with Crippen LogP contribution >= 0.6 is 23.2 Å². The van der Waals surface area contributed by atoms with Crippen LogP contribution in [0, 0.1) is 20.8 Å². The third kappa shape index (κ3) is 7.36. The van der Waals surface area contributed by atoms with Gasteiger partial charge in [0, 0.05) is 28.2 Å². The van der Waals surface area contributed by atoms with E-state index in [1.54, 1.807) is 50.2 Å². The van der Waals surface area contributed by atoms with Gasteiger partial charge in [0.1, 0.15) is 12.6 Å². The minimum absolute atomic E-state index is 0.0538. The molecular formula is C30H35Cl2N3O4S. The largest absolute Gasteiger partial charge is 0.352 e. The summed E-state index contributed by atoms with van der Waals surface area (Å²) < 4.78 is 29.1. The molecule has 0 aromatic heterocycles. The van der Waals surface area contributed by atoms with Gasteiger partial charge in [-0.1, -0.05) is 59.1 Å². The molecule has 3 aromatic carbocycles. The average Bonchev–Trinajstić information content (AvgIpc) is 2.88. The molecule has 0 aliphatic rings. The molecule has 0 heterocycles. The maximum Gasteiger partial charge on any atom is 0.264 e. The number of amides is 2. The number of halogens is 2. The van der Waals surface area contributed by atoms with E-state index in [1.165, 1.54) is 17.0 Å². The minimum atomic E-state index is -4.16. The monoisotopic (exact) mass is 603 g/mol. The first-order valence-electron chi connectivity index (χ1n) is 12.9. The lowest BCUT2D eigenvalue weighted by atomic mass is 10.1. The van der Waals surface area contributed by atoms with E-state index in [1.807, 2.05) is 39.8 Å². The number of sulfonamides is 1. The molecule has 0 saturated carbocycles. The zero-order valence-electron chi connectivity index (χ0n) is 23.5. The van der Waals surface area contributed by atoms with Gasteiger partial charge in [0.2, 0.25) is 11.8 Å². The number of benzene rings is 3. The Morgan fingerprint density at radius 3 is 2.02 bits per heavy atom. The fourth-order valence-corrected chi connectivity index (χ4v) is 6.17. The Morgan fingerprint density at radius 1 is 0.875 bits per heavy atom. The Balaban J connectivity index is 2.11. The first-order valence-corrected chi connectivity index (χ1v) is 15.1. The lowest BCUT2D eigenvalue weighted by Gasteiger charge is -2.33. The maximum atomic E-state index is 14.1. The highest BCUT2D eigenvalue weighted by molar-refractivity contribution is 7.92. The summed E-state index contributed by atoms with van der Waals surface area (Å²) in [6.45, 7) is 10.1. The molecule has 3 rings (SSSR count). The standard InChI is InChI=1S/C30H35Cl2N3O4S/c1-19(2)33-30(37)23(6)34(17-25-26(31)8-7-9-27(25)32)29(36)18-35(28-16-21(4)10-13-22(28)5)40(38,39)24-14-11-20(3)12-15-24/h7-16,19,23H,17-18H2,1-6H3,(H,33,37)/t23-/m1/s1. The number of aryl methyl sites for hydroxylation is 3. The molecule has 7 nitrogen and oxygen atoms in total. The molecule has 1 atom stereocenters. The lowest BCUT2D eigenvalue weighted by molar-refractivity contribution is -0.139. The van der Waals surface area contributed by atoms with Crippen LogP contribution in [-0.2, 0) is 26.2 Å². The van der Waals surface area contributed by atoms with Crippen LogP contribution < -0.4 is 9.62 Å². The molecule has 2 amide bonds. The van der Waals surface area contributed by atoms with Crippen molar-refractivity contribution in [2.75, 3.05) is 10.8 Å². The predicted molar refractivity (Wildman–Crippen MR) is 161 cm³/mol. The van der Waals surface area contributed by atoms with E-state index >= 15 is 0 Å². The van der Waals surface area contributed by atoms with Crippen LogP contribution in [0.1, 0.15) is 43.0 Å². The van der Waals surface area contributed by atoms with Gasteiger partial charge in [-0.3, -0.25) is 13.9 Å². The number of carbonyl (C=O) groups is 2. The predicted octanol–water partition coefficient (Wildman–Crippen LogP) is 6.06. The minimum Gasteiger partial charge on any atom is -0.352 e. The van der Waals surface area contributed by atoms with Crippen molar-refractivity contribution in [3.05, 3.63) is 93.0 Å².